The second-order valence-corrected chi connectivity index (χ2v) is 7.54. The number of aromatic nitrogens is 3. The van der Waals surface area contributed by atoms with Gasteiger partial charge in [0, 0.05) is 27.4 Å². The zero-order valence-corrected chi connectivity index (χ0v) is 16.1. The highest BCUT2D eigenvalue weighted by Crippen LogP contribution is 2.34. The third kappa shape index (κ3) is 2.67. The lowest BCUT2D eigenvalue weighted by molar-refractivity contribution is 0.102. The Morgan fingerprint density at radius 1 is 0.774 bits per heavy atom. The fourth-order valence-corrected chi connectivity index (χ4v) is 4.17. The van der Waals surface area contributed by atoms with E-state index in [1.54, 1.807) is 30.3 Å². The molecule has 0 unspecified atom stereocenters. The third-order valence-corrected chi connectivity index (χ3v) is 5.63. The summed E-state index contributed by atoms with van der Waals surface area (Å²) in [5.74, 6) is -0.541. The zero-order chi connectivity index (χ0) is 21.1. The van der Waals surface area contributed by atoms with Crippen molar-refractivity contribution in [3.8, 4) is 5.75 Å². The summed E-state index contributed by atoms with van der Waals surface area (Å²) < 4.78 is 0. The minimum Gasteiger partial charge on any atom is -0.507 e. The highest BCUT2D eigenvalue weighted by molar-refractivity contribution is 6.18. The first-order valence-electron chi connectivity index (χ1n) is 9.76. The Morgan fingerprint density at radius 2 is 1.61 bits per heavy atom. The number of amides is 1. The highest BCUT2D eigenvalue weighted by Gasteiger charge is 2.16. The van der Waals surface area contributed by atoms with Gasteiger partial charge in [0.15, 0.2) is 0 Å². The van der Waals surface area contributed by atoms with Crippen molar-refractivity contribution in [2.75, 3.05) is 5.32 Å². The number of nitrogens with one attached hydrogen (secondary N) is 4. The van der Waals surface area contributed by atoms with E-state index in [9.17, 15) is 14.7 Å². The summed E-state index contributed by atoms with van der Waals surface area (Å²) >= 11 is 0. The van der Waals surface area contributed by atoms with Gasteiger partial charge < -0.3 is 25.4 Å². The number of carbonyl (C=O) groups is 1. The summed E-state index contributed by atoms with van der Waals surface area (Å²) in [4.78, 5) is 33.0. The van der Waals surface area contributed by atoms with Gasteiger partial charge in [-0.05, 0) is 41.8 Å². The number of imidazole rings is 1. The van der Waals surface area contributed by atoms with Crippen LogP contribution in [-0.4, -0.2) is 26.0 Å². The molecule has 6 rings (SSSR count). The van der Waals surface area contributed by atoms with Gasteiger partial charge in [-0.25, -0.2) is 4.79 Å². The molecule has 6 aromatic rings. The average molecular weight is 408 g/mol. The summed E-state index contributed by atoms with van der Waals surface area (Å²) in [5, 5.41) is 17.3. The Balaban J connectivity index is 1.43. The summed E-state index contributed by atoms with van der Waals surface area (Å²) in [6, 6.07) is 20.4. The second kappa shape index (κ2) is 6.24. The predicted molar refractivity (Wildman–Crippen MR) is 122 cm³/mol. The number of benzene rings is 4. The van der Waals surface area contributed by atoms with Crippen LogP contribution >= 0.6 is 0 Å². The van der Waals surface area contributed by atoms with Crippen molar-refractivity contribution in [1.29, 1.82) is 0 Å². The number of rotatable bonds is 2. The summed E-state index contributed by atoms with van der Waals surface area (Å²) in [6.45, 7) is 0. The largest absolute Gasteiger partial charge is 0.507 e. The monoisotopic (exact) mass is 408 g/mol. The maximum atomic E-state index is 12.9. The van der Waals surface area contributed by atoms with Crippen LogP contribution in [0.25, 0.3) is 43.6 Å². The number of anilines is 1. The zero-order valence-electron chi connectivity index (χ0n) is 16.1. The lowest BCUT2D eigenvalue weighted by atomic mass is 10.0. The molecule has 0 spiro atoms. The van der Waals surface area contributed by atoms with Gasteiger partial charge in [-0.2, -0.15) is 0 Å². The first-order chi connectivity index (χ1) is 15.1. The number of aromatic amines is 3. The van der Waals surface area contributed by atoms with Crippen LogP contribution in [0.15, 0.2) is 71.5 Å². The average Bonchev–Trinajstić information content (AvgIpc) is 3.32. The topological polar surface area (TPSA) is 114 Å². The molecule has 0 bridgehead atoms. The van der Waals surface area contributed by atoms with Crippen LogP contribution in [-0.2, 0) is 0 Å². The molecular weight excluding hydrogens is 392 g/mol. The number of hydrogen-bond acceptors (Lipinski definition) is 3. The molecule has 0 aliphatic carbocycles. The van der Waals surface area contributed by atoms with Crippen LogP contribution in [0.1, 0.15) is 10.4 Å². The number of aromatic hydroxyl groups is 1. The van der Waals surface area contributed by atoms with Crippen molar-refractivity contribution in [1.82, 2.24) is 15.0 Å². The number of phenolic OH excluding ortho intramolecular Hbond substituents is 1. The van der Waals surface area contributed by atoms with Crippen LogP contribution in [0.5, 0.6) is 5.75 Å². The summed E-state index contributed by atoms with van der Waals surface area (Å²) in [5.41, 5.74) is 3.55. The number of phenols is 1. The van der Waals surface area contributed by atoms with Gasteiger partial charge in [0.1, 0.15) is 5.75 Å². The molecule has 0 saturated heterocycles. The number of hydrogen-bond donors (Lipinski definition) is 5. The Labute approximate surface area is 174 Å². The lowest BCUT2D eigenvalue weighted by Crippen LogP contribution is -2.12. The molecular formula is C24H16N4O3. The number of fused-ring (bicyclic) bond motifs is 6. The molecule has 0 saturated carbocycles. The van der Waals surface area contributed by atoms with Gasteiger partial charge in [0.05, 0.1) is 22.1 Å². The third-order valence-electron chi connectivity index (χ3n) is 5.63. The molecule has 0 radical (unpaired) electrons. The van der Waals surface area contributed by atoms with E-state index in [4.69, 9.17) is 0 Å². The van der Waals surface area contributed by atoms with E-state index in [-0.39, 0.29) is 17.0 Å². The van der Waals surface area contributed by atoms with Crippen molar-refractivity contribution >= 4 is 55.2 Å². The Morgan fingerprint density at radius 3 is 2.52 bits per heavy atom. The Kier molecular flexibility index (Phi) is 3.49. The summed E-state index contributed by atoms with van der Waals surface area (Å²) in [7, 11) is 0. The minimum atomic E-state index is -0.437. The molecule has 0 aliphatic heterocycles. The van der Waals surface area contributed by atoms with Gasteiger partial charge in [0.25, 0.3) is 5.91 Å². The minimum absolute atomic E-state index is 0.104. The van der Waals surface area contributed by atoms with E-state index in [2.05, 4.69) is 26.3 Å². The fraction of sp³-hybridized carbons (Fsp3) is 0. The van der Waals surface area contributed by atoms with E-state index in [0.717, 1.165) is 32.6 Å². The maximum Gasteiger partial charge on any atom is 0.323 e. The van der Waals surface area contributed by atoms with Crippen molar-refractivity contribution in [3.63, 3.8) is 0 Å². The lowest BCUT2D eigenvalue weighted by Gasteiger charge is -2.09. The first-order valence-corrected chi connectivity index (χ1v) is 9.76. The van der Waals surface area contributed by atoms with E-state index >= 15 is 0 Å². The quantitative estimate of drug-likeness (QED) is 0.288. The van der Waals surface area contributed by atoms with Crippen LogP contribution in [0.4, 0.5) is 5.69 Å². The van der Waals surface area contributed by atoms with Gasteiger partial charge >= 0.3 is 5.69 Å². The molecule has 150 valence electrons. The molecule has 5 N–H and O–H groups in total. The van der Waals surface area contributed by atoms with E-state index in [1.165, 1.54) is 0 Å². The van der Waals surface area contributed by atoms with Crippen molar-refractivity contribution in [2.45, 2.75) is 0 Å². The normalized spacial score (nSPS) is 11.6. The smallest absolute Gasteiger partial charge is 0.323 e. The van der Waals surface area contributed by atoms with Crippen LogP contribution in [0.2, 0.25) is 0 Å². The van der Waals surface area contributed by atoms with Crippen molar-refractivity contribution < 1.29 is 9.90 Å². The molecule has 7 nitrogen and oxygen atoms in total. The van der Waals surface area contributed by atoms with Gasteiger partial charge in [-0.1, -0.05) is 30.3 Å². The van der Waals surface area contributed by atoms with Crippen LogP contribution in [0.3, 0.4) is 0 Å². The number of para-hydroxylation sites is 1. The van der Waals surface area contributed by atoms with Crippen molar-refractivity contribution in [2.24, 2.45) is 0 Å². The standard InChI is InChI=1S/C24H16N4O3/c29-21-11-16-12(5-7-15-14-3-1-2-4-18(14)26-22(15)16)9-17(21)23(30)25-13-6-8-19-20(10-13)28-24(31)27-19/h1-11,26,29H,(H,25,30)(H2,27,28,31). The Hall–Kier alpha value is -4.52. The van der Waals surface area contributed by atoms with E-state index < -0.39 is 5.91 Å². The SMILES string of the molecule is O=C(Nc1ccc2[nH]c(=O)[nH]c2c1)c1cc2ccc3c4ccccc4[nH]c3c2cc1O. The molecule has 2 aromatic heterocycles. The number of carbonyl (C=O) groups excluding carboxylic acids is 1. The van der Waals surface area contributed by atoms with Gasteiger partial charge in [-0.3, -0.25) is 4.79 Å². The maximum absolute atomic E-state index is 12.9. The molecule has 0 aliphatic rings. The molecule has 7 heteroatoms. The molecule has 1 amide bonds. The van der Waals surface area contributed by atoms with Crippen molar-refractivity contribution in [3.05, 3.63) is 82.8 Å². The Bertz CT molecular complexity index is 1720. The second-order valence-electron chi connectivity index (χ2n) is 7.54. The van der Waals surface area contributed by atoms with Crippen LogP contribution < -0.4 is 11.0 Å². The molecule has 0 fully saturated rings. The summed E-state index contributed by atoms with van der Waals surface area (Å²) in [6.07, 6.45) is 0. The highest BCUT2D eigenvalue weighted by atomic mass is 16.3. The van der Waals surface area contributed by atoms with Gasteiger partial charge in [-0.15, -0.1) is 0 Å². The molecule has 31 heavy (non-hydrogen) atoms. The van der Waals surface area contributed by atoms with E-state index in [1.807, 2.05) is 30.3 Å². The molecule has 2 heterocycles. The predicted octanol–water partition coefficient (Wildman–Crippen LogP) is 4.60. The van der Waals surface area contributed by atoms with Crippen LogP contribution in [0, 0.1) is 0 Å². The van der Waals surface area contributed by atoms with E-state index in [0.29, 0.717) is 16.7 Å². The first kappa shape index (κ1) is 17.3. The molecule has 0 atom stereocenters. The fourth-order valence-electron chi connectivity index (χ4n) is 4.17. The number of H-pyrrole nitrogens is 3. The van der Waals surface area contributed by atoms with Gasteiger partial charge in [0.2, 0.25) is 0 Å². The molecule has 4 aromatic carbocycles.